The van der Waals surface area contributed by atoms with Gasteiger partial charge in [0.25, 0.3) is 0 Å². The molecular formula is C32H38FN9O4. The van der Waals surface area contributed by atoms with Gasteiger partial charge in [0.2, 0.25) is 0 Å². The number of tetrazole rings is 1. The summed E-state index contributed by atoms with van der Waals surface area (Å²) in [4.78, 5) is 34.8. The molecule has 0 radical (unpaired) electrons. The number of nitrogens with one attached hydrogen (secondary N) is 3. The molecule has 1 fully saturated rings. The molecule has 3 amide bonds. The number of methoxy groups -OCH3 is 1. The highest BCUT2D eigenvalue weighted by atomic mass is 19.1. The Labute approximate surface area is 266 Å². The maximum absolute atomic E-state index is 13.4. The fourth-order valence-electron chi connectivity index (χ4n) is 5.25. The Bertz CT molecular complexity index is 1620. The molecular weight excluding hydrogens is 593 g/mol. The van der Waals surface area contributed by atoms with Gasteiger partial charge in [-0.3, -0.25) is 0 Å². The number of hydrogen-bond acceptors (Lipinski definition) is 9. The fourth-order valence-corrected chi connectivity index (χ4v) is 5.25. The smallest absolute Gasteiger partial charge is 0.410 e. The first-order valence-corrected chi connectivity index (χ1v) is 15.0. The molecule has 0 aliphatic carbocycles. The zero-order valence-corrected chi connectivity index (χ0v) is 26.3. The maximum atomic E-state index is 13.4. The van der Waals surface area contributed by atoms with Crippen molar-refractivity contribution in [1.29, 1.82) is 0 Å². The van der Waals surface area contributed by atoms with Gasteiger partial charge in [-0.1, -0.05) is 24.3 Å². The maximum Gasteiger partial charge on any atom is 0.410 e. The van der Waals surface area contributed by atoms with Crippen LogP contribution in [0.5, 0.6) is 0 Å². The third-order valence-corrected chi connectivity index (χ3v) is 7.36. The number of anilines is 3. The predicted octanol–water partition coefficient (Wildman–Crippen LogP) is 5.56. The third kappa shape index (κ3) is 8.33. The summed E-state index contributed by atoms with van der Waals surface area (Å²) in [6, 6.07) is 16.2. The first-order valence-electron chi connectivity index (χ1n) is 15.0. The molecule has 2 aromatic heterocycles. The summed E-state index contributed by atoms with van der Waals surface area (Å²) in [5.41, 5.74) is 2.40. The van der Waals surface area contributed by atoms with Gasteiger partial charge in [0.1, 0.15) is 17.2 Å². The number of hydrogen-bond donors (Lipinski definition) is 3. The normalized spacial score (nSPS) is 13.7. The Morgan fingerprint density at radius 2 is 1.72 bits per heavy atom. The monoisotopic (exact) mass is 631 g/mol. The van der Waals surface area contributed by atoms with Crippen LogP contribution in [0.3, 0.4) is 0 Å². The number of piperidine rings is 1. The molecule has 1 aliphatic heterocycles. The van der Waals surface area contributed by atoms with Gasteiger partial charge in [0.15, 0.2) is 5.82 Å². The van der Waals surface area contributed by atoms with Crippen molar-refractivity contribution in [2.45, 2.75) is 45.3 Å². The number of likely N-dealkylation sites (tertiary alicyclic amines) is 1. The first-order chi connectivity index (χ1) is 22.1. The average Bonchev–Trinajstić information content (AvgIpc) is 3.57. The summed E-state index contributed by atoms with van der Waals surface area (Å²) in [5, 5.41) is 20.0. The number of H-pyrrole nitrogens is 1. The lowest BCUT2D eigenvalue weighted by Gasteiger charge is -2.39. The molecule has 1 aliphatic rings. The summed E-state index contributed by atoms with van der Waals surface area (Å²) in [7, 11) is 1.64. The lowest BCUT2D eigenvalue weighted by Crippen LogP contribution is -2.49. The highest BCUT2D eigenvalue weighted by Crippen LogP contribution is 2.34. The SMILES string of the molecule is COCCN(c1cc(NC(=O)Nc2ccc(F)cc2)cc(-c2ccccc2-c2nnn[nH]2)n1)C1CCN(C(=O)OC(C)(C)C)CC1. The zero-order valence-electron chi connectivity index (χ0n) is 26.3. The van der Waals surface area contributed by atoms with E-state index in [1.165, 1.54) is 24.3 Å². The van der Waals surface area contributed by atoms with Crippen molar-refractivity contribution < 1.29 is 23.5 Å². The van der Waals surface area contributed by atoms with Crippen LogP contribution in [0, 0.1) is 5.82 Å². The molecule has 242 valence electrons. The molecule has 5 rings (SSSR count). The number of pyridine rings is 1. The van der Waals surface area contributed by atoms with Crippen LogP contribution < -0.4 is 15.5 Å². The molecule has 2 aromatic carbocycles. The Morgan fingerprint density at radius 3 is 2.37 bits per heavy atom. The quantitative estimate of drug-likeness (QED) is 0.216. The van der Waals surface area contributed by atoms with Crippen LogP contribution in [0.1, 0.15) is 33.6 Å². The lowest BCUT2D eigenvalue weighted by atomic mass is 10.0. The van der Waals surface area contributed by atoms with Crippen molar-refractivity contribution in [3.63, 3.8) is 0 Å². The van der Waals surface area contributed by atoms with E-state index in [4.69, 9.17) is 14.5 Å². The van der Waals surface area contributed by atoms with Crippen molar-refractivity contribution >= 4 is 29.3 Å². The van der Waals surface area contributed by atoms with Crippen molar-refractivity contribution in [2.24, 2.45) is 0 Å². The fraction of sp³-hybridized carbons (Fsp3) is 0.375. The average molecular weight is 632 g/mol. The number of carbonyl (C=O) groups is 2. The van der Waals surface area contributed by atoms with Gasteiger partial charge in [-0.25, -0.2) is 24.1 Å². The number of ether oxygens (including phenoxy) is 2. The number of aromatic amines is 1. The Balaban J connectivity index is 1.47. The topological polar surface area (TPSA) is 150 Å². The summed E-state index contributed by atoms with van der Waals surface area (Å²) < 4.78 is 24.5. The van der Waals surface area contributed by atoms with E-state index in [0.29, 0.717) is 67.8 Å². The van der Waals surface area contributed by atoms with Gasteiger partial charge >= 0.3 is 12.1 Å². The number of urea groups is 1. The third-order valence-electron chi connectivity index (χ3n) is 7.36. The molecule has 0 atom stereocenters. The van der Waals surface area contributed by atoms with E-state index < -0.39 is 17.4 Å². The highest BCUT2D eigenvalue weighted by Gasteiger charge is 2.30. The van der Waals surface area contributed by atoms with E-state index >= 15 is 0 Å². The van der Waals surface area contributed by atoms with Crippen molar-refractivity contribution in [2.75, 3.05) is 48.9 Å². The first kappa shape index (κ1) is 32.3. The molecule has 0 saturated carbocycles. The standard InChI is InChI=1S/C32H38FN9O4/c1-32(2,3)46-31(44)41-15-13-24(14-16-41)42(17-18-45-4)28-20-23(35-30(43)34-22-11-9-21(33)10-12-22)19-27(36-28)25-7-5-6-8-26(25)29-37-39-40-38-29/h5-12,19-20,24H,13-18H2,1-4H3,(H2,34,35,36,43)(H,37,38,39,40). The van der Waals surface area contributed by atoms with E-state index in [1.807, 2.05) is 51.1 Å². The van der Waals surface area contributed by atoms with Crippen LogP contribution in [0.15, 0.2) is 60.7 Å². The number of amides is 3. The van der Waals surface area contributed by atoms with Gasteiger partial charge in [-0.2, -0.15) is 0 Å². The van der Waals surface area contributed by atoms with Crippen LogP contribution in [0.4, 0.5) is 31.2 Å². The Hall–Kier alpha value is -5.11. The largest absolute Gasteiger partial charge is 0.444 e. The zero-order chi connectivity index (χ0) is 32.7. The van der Waals surface area contributed by atoms with Gasteiger partial charge < -0.3 is 29.9 Å². The van der Waals surface area contributed by atoms with Crippen molar-refractivity contribution in [1.82, 2.24) is 30.5 Å². The van der Waals surface area contributed by atoms with E-state index in [2.05, 4.69) is 36.2 Å². The molecule has 1 saturated heterocycles. The van der Waals surface area contributed by atoms with Gasteiger partial charge in [0.05, 0.1) is 12.3 Å². The summed E-state index contributed by atoms with van der Waals surface area (Å²) in [5.74, 6) is 0.688. The molecule has 13 nitrogen and oxygen atoms in total. The van der Waals surface area contributed by atoms with Crippen LogP contribution in [0.2, 0.25) is 0 Å². The second-order valence-corrected chi connectivity index (χ2v) is 11.9. The molecule has 46 heavy (non-hydrogen) atoms. The highest BCUT2D eigenvalue weighted by molar-refractivity contribution is 6.00. The summed E-state index contributed by atoms with van der Waals surface area (Å²) in [6.45, 7) is 7.57. The van der Waals surface area contributed by atoms with E-state index in [-0.39, 0.29) is 12.1 Å². The van der Waals surface area contributed by atoms with Gasteiger partial charge in [-0.05, 0) is 74.4 Å². The molecule has 0 unspecified atom stereocenters. The number of benzene rings is 2. The lowest BCUT2D eigenvalue weighted by molar-refractivity contribution is 0.0203. The van der Waals surface area contributed by atoms with E-state index in [1.54, 1.807) is 18.1 Å². The number of rotatable bonds is 9. The molecule has 3 heterocycles. The summed E-state index contributed by atoms with van der Waals surface area (Å²) in [6.07, 6.45) is 1.04. The minimum atomic E-state index is -0.576. The number of halogens is 1. The minimum absolute atomic E-state index is 0.0335. The van der Waals surface area contributed by atoms with Crippen LogP contribution in [-0.2, 0) is 9.47 Å². The molecule has 14 heteroatoms. The molecule has 0 bridgehead atoms. The summed E-state index contributed by atoms with van der Waals surface area (Å²) >= 11 is 0. The predicted molar refractivity (Wildman–Crippen MR) is 172 cm³/mol. The molecule has 4 aromatic rings. The number of carbonyl (C=O) groups excluding carboxylic acids is 2. The van der Waals surface area contributed by atoms with Crippen molar-refractivity contribution in [3.8, 4) is 22.6 Å². The van der Waals surface area contributed by atoms with Crippen LogP contribution in [-0.4, -0.2) is 87.6 Å². The Morgan fingerprint density at radius 1 is 1.02 bits per heavy atom. The number of nitrogens with zero attached hydrogens (tertiary/aromatic N) is 6. The second-order valence-electron chi connectivity index (χ2n) is 11.9. The van der Waals surface area contributed by atoms with Crippen LogP contribution >= 0.6 is 0 Å². The number of aromatic nitrogens is 5. The van der Waals surface area contributed by atoms with E-state index in [9.17, 15) is 14.0 Å². The molecule has 3 N–H and O–H groups in total. The van der Waals surface area contributed by atoms with E-state index in [0.717, 1.165) is 11.1 Å². The minimum Gasteiger partial charge on any atom is -0.444 e. The van der Waals surface area contributed by atoms with Crippen molar-refractivity contribution in [3.05, 3.63) is 66.5 Å². The molecule has 0 spiro atoms. The Kier molecular flexibility index (Phi) is 10.1. The van der Waals surface area contributed by atoms with Crippen LogP contribution in [0.25, 0.3) is 22.6 Å². The van der Waals surface area contributed by atoms with Gasteiger partial charge in [0, 0.05) is 61.4 Å². The second kappa shape index (κ2) is 14.3. The van der Waals surface area contributed by atoms with Gasteiger partial charge in [-0.15, -0.1) is 5.10 Å².